The average molecular weight is 414 g/mol. The minimum Gasteiger partial charge on any atom is -0.480 e. The molecule has 1 aromatic heterocycles. The summed E-state index contributed by atoms with van der Waals surface area (Å²) in [5.41, 5.74) is 0.225. The molecule has 1 aromatic rings. The Morgan fingerprint density at radius 3 is 2.86 bits per heavy atom. The fourth-order valence-electron chi connectivity index (χ4n) is 2.36. The van der Waals surface area contributed by atoms with Gasteiger partial charge in [0.25, 0.3) is 5.91 Å². The lowest BCUT2D eigenvalue weighted by Gasteiger charge is -2.34. The second-order valence-electron chi connectivity index (χ2n) is 4.81. The molecule has 1 aliphatic rings. The number of pyridine rings is 1. The Kier molecular flexibility index (Phi) is 4.95. The van der Waals surface area contributed by atoms with Gasteiger partial charge in [0.05, 0.1) is 13.0 Å². The van der Waals surface area contributed by atoms with Crippen LogP contribution in [0.1, 0.15) is 23.2 Å². The van der Waals surface area contributed by atoms with Crippen molar-refractivity contribution in [2.45, 2.75) is 19.0 Å². The molecule has 2 rings (SSSR count). The van der Waals surface area contributed by atoms with Crippen LogP contribution in [0.3, 0.4) is 0 Å². The Balaban J connectivity index is 2.24. The molecular weight excluding hydrogens is 400 g/mol. The normalized spacial score (nSPS) is 19.5. The number of likely N-dealkylation sites (tertiary alicyclic amines) is 1. The minimum absolute atomic E-state index is 0.0640. The van der Waals surface area contributed by atoms with E-state index in [2.05, 4.69) is 4.98 Å². The van der Waals surface area contributed by atoms with E-state index in [0.717, 1.165) is 0 Å². The van der Waals surface area contributed by atoms with Gasteiger partial charge >= 0.3 is 6.18 Å². The van der Waals surface area contributed by atoms with Crippen molar-refractivity contribution >= 4 is 28.5 Å². The predicted octanol–water partition coefficient (Wildman–Crippen LogP) is 3.11. The number of alkyl halides is 3. The van der Waals surface area contributed by atoms with E-state index in [-0.39, 0.29) is 24.4 Å². The van der Waals surface area contributed by atoms with Crippen molar-refractivity contribution in [1.29, 1.82) is 0 Å². The van der Waals surface area contributed by atoms with Gasteiger partial charge in [-0.3, -0.25) is 4.79 Å². The molecule has 116 valence electrons. The summed E-state index contributed by atoms with van der Waals surface area (Å²) in [6.45, 7) is 0.00992. The average Bonchev–Trinajstić information content (AvgIpc) is 2.45. The van der Waals surface area contributed by atoms with Gasteiger partial charge in [-0.15, -0.1) is 0 Å². The van der Waals surface area contributed by atoms with Crippen molar-refractivity contribution in [3.8, 4) is 5.88 Å². The van der Waals surface area contributed by atoms with Crippen molar-refractivity contribution in [3.05, 3.63) is 21.4 Å². The van der Waals surface area contributed by atoms with Crippen LogP contribution in [0.4, 0.5) is 13.2 Å². The third kappa shape index (κ3) is 3.58. The highest BCUT2D eigenvalue weighted by atomic mass is 127. The molecule has 1 fully saturated rings. The number of piperidine rings is 1. The summed E-state index contributed by atoms with van der Waals surface area (Å²) in [4.78, 5) is 17.7. The molecule has 0 aromatic carbocycles. The Hall–Kier alpha value is -1.06. The Morgan fingerprint density at radius 2 is 2.24 bits per heavy atom. The first-order chi connectivity index (χ1) is 9.84. The maximum absolute atomic E-state index is 12.8. The summed E-state index contributed by atoms with van der Waals surface area (Å²) in [6, 6.07) is 1.63. The van der Waals surface area contributed by atoms with Gasteiger partial charge in [0.2, 0.25) is 5.88 Å². The van der Waals surface area contributed by atoms with Crippen molar-refractivity contribution in [3.63, 3.8) is 0 Å². The van der Waals surface area contributed by atoms with Gasteiger partial charge in [0, 0.05) is 22.9 Å². The maximum atomic E-state index is 12.8. The van der Waals surface area contributed by atoms with Crippen LogP contribution in [-0.4, -0.2) is 42.2 Å². The highest BCUT2D eigenvalue weighted by Gasteiger charge is 2.43. The molecule has 1 atom stereocenters. The number of aromatic nitrogens is 1. The lowest BCUT2D eigenvalue weighted by atomic mass is 9.97. The van der Waals surface area contributed by atoms with E-state index in [1.54, 1.807) is 6.07 Å². The van der Waals surface area contributed by atoms with Crippen molar-refractivity contribution in [1.82, 2.24) is 9.88 Å². The lowest BCUT2D eigenvalue weighted by molar-refractivity contribution is -0.184. The van der Waals surface area contributed by atoms with Crippen LogP contribution in [0.25, 0.3) is 0 Å². The summed E-state index contributed by atoms with van der Waals surface area (Å²) in [7, 11) is 1.38. The van der Waals surface area contributed by atoms with E-state index in [4.69, 9.17) is 4.74 Å². The van der Waals surface area contributed by atoms with Gasteiger partial charge in [-0.05, 0) is 41.5 Å². The Bertz CT molecular complexity index is 537. The van der Waals surface area contributed by atoms with Crippen LogP contribution >= 0.6 is 22.6 Å². The number of carbonyl (C=O) groups excluding carboxylic acids is 1. The van der Waals surface area contributed by atoms with Gasteiger partial charge < -0.3 is 9.64 Å². The zero-order valence-electron chi connectivity index (χ0n) is 11.3. The predicted molar refractivity (Wildman–Crippen MR) is 78.2 cm³/mol. The monoisotopic (exact) mass is 414 g/mol. The Morgan fingerprint density at radius 1 is 1.52 bits per heavy atom. The number of hydrogen-bond donors (Lipinski definition) is 0. The number of halogens is 4. The highest BCUT2D eigenvalue weighted by Crippen LogP contribution is 2.34. The molecule has 21 heavy (non-hydrogen) atoms. The van der Waals surface area contributed by atoms with E-state index in [9.17, 15) is 18.0 Å². The fraction of sp³-hybridized carbons (Fsp3) is 0.538. The number of amides is 1. The van der Waals surface area contributed by atoms with Gasteiger partial charge in [-0.1, -0.05) is 0 Å². The van der Waals surface area contributed by atoms with Gasteiger partial charge in [0.1, 0.15) is 5.56 Å². The van der Waals surface area contributed by atoms with Gasteiger partial charge in [0.15, 0.2) is 0 Å². The molecule has 0 aliphatic carbocycles. The van der Waals surface area contributed by atoms with Crippen molar-refractivity contribution in [2.75, 3.05) is 20.2 Å². The molecule has 1 aliphatic heterocycles. The smallest absolute Gasteiger partial charge is 0.393 e. The number of rotatable bonds is 2. The molecule has 8 heteroatoms. The minimum atomic E-state index is -4.27. The number of methoxy groups -OCH3 is 1. The first-order valence-electron chi connectivity index (χ1n) is 6.39. The molecule has 0 spiro atoms. The lowest BCUT2D eigenvalue weighted by Crippen LogP contribution is -2.44. The zero-order valence-corrected chi connectivity index (χ0v) is 13.4. The van der Waals surface area contributed by atoms with Crippen LogP contribution in [0.15, 0.2) is 12.3 Å². The number of ether oxygens (including phenoxy) is 1. The summed E-state index contributed by atoms with van der Waals surface area (Å²) < 4.78 is 44.1. The molecular formula is C13H14F3IN2O2. The van der Waals surface area contributed by atoms with Crippen LogP contribution < -0.4 is 4.74 Å². The summed E-state index contributed by atoms with van der Waals surface area (Å²) in [6.07, 6.45) is -2.37. The second kappa shape index (κ2) is 6.37. The van der Waals surface area contributed by atoms with Crippen LogP contribution in [0.2, 0.25) is 0 Å². The van der Waals surface area contributed by atoms with Crippen LogP contribution in [0, 0.1) is 9.49 Å². The first-order valence-corrected chi connectivity index (χ1v) is 7.47. The van der Waals surface area contributed by atoms with E-state index >= 15 is 0 Å². The third-order valence-electron chi connectivity index (χ3n) is 3.44. The number of nitrogens with zero attached hydrogens (tertiary/aromatic N) is 2. The zero-order chi connectivity index (χ0) is 15.6. The first kappa shape index (κ1) is 16.3. The molecule has 0 saturated carbocycles. The quantitative estimate of drug-likeness (QED) is 0.699. The molecule has 1 saturated heterocycles. The topological polar surface area (TPSA) is 42.4 Å². The highest BCUT2D eigenvalue weighted by molar-refractivity contribution is 14.1. The van der Waals surface area contributed by atoms with Crippen molar-refractivity contribution in [2.24, 2.45) is 5.92 Å². The van der Waals surface area contributed by atoms with E-state index in [1.807, 2.05) is 22.6 Å². The summed E-state index contributed by atoms with van der Waals surface area (Å²) in [5.74, 6) is -1.78. The number of hydrogen-bond acceptors (Lipinski definition) is 3. The largest absolute Gasteiger partial charge is 0.480 e. The molecule has 0 bridgehead atoms. The Labute approximate surface area is 133 Å². The third-order valence-corrected chi connectivity index (χ3v) is 4.34. The second-order valence-corrected chi connectivity index (χ2v) is 5.97. The van der Waals surface area contributed by atoms with E-state index < -0.39 is 18.0 Å². The van der Waals surface area contributed by atoms with E-state index in [0.29, 0.717) is 16.5 Å². The van der Waals surface area contributed by atoms with E-state index in [1.165, 1.54) is 18.2 Å². The molecule has 1 unspecified atom stereocenters. The maximum Gasteiger partial charge on any atom is 0.393 e. The molecule has 2 heterocycles. The molecule has 0 N–H and O–H groups in total. The van der Waals surface area contributed by atoms with Crippen LogP contribution in [0.5, 0.6) is 5.88 Å². The molecule has 0 radical (unpaired) electrons. The van der Waals surface area contributed by atoms with Gasteiger partial charge in [-0.25, -0.2) is 4.98 Å². The SMILES string of the molecule is COc1nccc(I)c1C(=O)N1CCCC(C(F)(F)F)C1. The fourth-order valence-corrected chi connectivity index (χ4v) is 2.98. The summed E-state index contributed by atoms with van der Waals surface area (Å²) in [5, 5.41) is 0. The number of carbonyl (C=O) groups is 1. The van der Waals surface area contributed by atoms with Gasteiger partial charge in [-0.2, -0.15) is 13.2 Å². The molecule has 4 nitrogen and oxygen atoms in total. The van der Waals surface area contributed by atoms with Crippen molar-refractivity contribution < 1.29 is 22.7 Å². The molecule has 1 amide bonds. The van der Waals surface area contributed by atoms with Crippen LogP contribution in [-0.2, 0) is 0 Å². The standard InChI is InChI=1S/C13H14F3IN2O2/c1-21-11-10(9(17)4-5-18-11)12(20)19-6-2-3-8(7-19)13(14,15)16/h4-5,8H,2-3,6-7H2,1H3. The summed E-state index contributed by atoms with van der Waals surface area (Å²) >= 11 is 1.95.